The van der Waals surface area contributed by atoms with Crippen LogP contribution in [-0.2, 0) is 6.61 Å². The van der Waals surface area contributed by atoms with Crippen LogP contribution >= 0.6 is 11.3 Å². The number of hydrogen-bond acceptors (Lipinski definition) is 2. The van der Waals surface area contributed by atoms with E-state index in [1.807, 2.05) is 37.3 Å². The third-order valence-corrected chi connectivity index (χ3v) is 4.01. The smallest absolute Gasteiger partial charge is 0.124 e. The van der Waals surface area contributed by atoms with Crippen molar-refractivity contribution in [1.29, 1.82) is 0 Å². The Hall–Kier alpha value is -1.87. The minimum atomic E-state index is -0.194. The molecule has 1 nitrogen and oxygen atoms in total. The molecule has 0 saturated carbocycles. The Morgan fingerprint density at radius 2 is 1.84 bits per heavy atom. The molecule has 0 amide bonds. The van der Waals surface area contributed by atoms with E-state index in [4.69, 9.17) is 4.74 Å². The lowest BCUT2D eigenvalue weighted by atomic mass is 10.2. The normalized spacial score (nSPS) is 10.8. The lowest BCUT2D eigenvalue weighted by Crippen LogP contribution is -1.92. The summed E-state index contributed by atoms with van der Waals surface area (Å²) in [7, 11) is 0. The van der Waals surface area contributed by atoms with E-state index in [0.29, 0.717) is 6.61 Å². The number of halogens is 1. The third kappa shape index (κ3) is 2.76. The molecule has 0 N–H and O–H groups in total. The molecule has 3 aromatic rings. The van der Waals surface area contributed by atoms with Gasteiger partial charge in [-0.25, -0.2) is 4.39 Å². The molecular formula is C16H13FOS. The predicted molar refractivity (Wildman–Crippen MR) is 77.3 cm³/mol. The van der Waals surface area contributed by atoms with Gasteiger partial charge in [0.2, 0.25) is 0 Å². The maximum Gasteiger partial charge on any atom is 0.124 e. The number of ether oxygens (including phenoxy) is 1. The number of thiophene rings is 1. The van der Waals surface area contributed by atoms with Gasteiger partial charge in [-0.05, 0) is 42.6 Å². The van der Waals surface area contributed by atoms with Gasteiger partial charge in [0.1, 0.15) is 18.2 Å². The quantitative estimate of drug-likeness (QED) is 0.657. The molecule has 19 heavy (non-hydrogen) atoms. The average molecular weight is 272 g/mol. The first-order valence-electron chi connectivity index (χ1n) is 6.08. The Morgan fingerprint density at radius 1 is 1.05 bits per heavy atom. The summed E-state index contributed by atoms with van der Waals surface area (Å²) in [5, 5.41) is 1.06. The molecule has 0 atom stereocenters. The van der Waals surface area contributed by atoms with Gasteiger partial charge in [-0.1, -0.05) is 23.8 Å². The fourth-order valence-electron chi connectivity index (χ4n) is 1.92. The molecule has 0 aliphatic heterocycles. The van der Waals surface area contributed by atoms with Crippen molar-refractivity contribution in [3.63, 3.8) is 0 Å². The molecule has 2 aromatic carbocycles. The van der Waals surface area contributed by atoms with Crippen LogP contribution in [0.15, 0.2) is 48.5 Å². The van der Waals surface area contributed by atoms with Crippen LogP contribution in [-0.4, -0.2) is 0 Å². The molecule has 0 aliphatic rings. The van der Waals surface area contributed by atoms with Crippen molar-refractivity contribution < 1.29 is 9.13 Å². The SMILES string of the molecule is Cc1ccc(OCc2cc3ccc(F)cc3s2)cc1. The van der Waals surface area contributed by atoms with Crippen LogP contribution in [0.1, 0.15) is 10.4 Å². The average Bonchev–Trinajstić information content (AvgIpc) is 2.80. The minimum Gasteiger partial charge on any atom is -0.488 e. The number of aryl methyl sites for hydroxylation is 1. The summed E-state index contributed by atoms with van der Waals surface area (Å²) in [4.78, 5) is 1.10. The van der Waals surface area contributed by atoms with Crippen molar-refractivity contribution in [2.24, 2.45) is 0 Å². The summed E-state index contributed by atoms with van der Waals surface area (Å²) in [6.45, 7) is 2.56. The van der Waals surface area contributed by atoms with Crippen molar-refractivity contribution in [3.05, 3.63) is 64.8 Å². The van der Waals surface area contributed by atoms with Crippen molar-refractivity contribution in [2.45, 2.75) is 13.5 Å². The van der Waals surface area contributed by atoms with Gasteiger partial charge >= 0.3 is 0 Å². The van der Waals surface area contributed by atoms with Crippen LogP contribution in [0.2, 0.25) is 0 Å². The zero-order chi connectivity index (χ0) is 13.2. The third-order valence-electron chi connectivity index (χ3n) is 2.94. The van der Waals surface area contributed by atoms with E-state index >= 15 is 0 Å². The molecule has 3 rings (SSSR count). The summed E-state index contributed by atoms with van der Waals surface area (Å²) in [6, 6.07) is 14.9. The molecule has 0 spiro atoms. The van der Waals surface area contributed by atoms with Crippen molar-refractivity contribution in [1.82, 2.24) is 0 Å². The Labute approximate surface area is 115 Å². The second-order valence-corrected chi connectivity index (χ2v) is 5.66. The van der Waals surface area contributed by atoms with Crippen molar-refractivity contribution >= 4 is 21.4 Å². The van der Waals surface area contributed by atoms with E-state index in [0.717, 1.165) is 20.7 Å². The summed E-state index contributed by atoms with van der Waals surface area (Å²) in [5.41, 5.74) is 1.21. The Morgan fingerprint density at radius 3 is 2.63 bits per heavy atom. The Bertz CT molecular complexity index is 700. The van der Waals surface area contributed by atoms with Crippen LogP contribution in [0.4, 0.5) is 4.39 Å². The first-order valence-corrected chi connectivity index (χ1v) is 6.90. The van der Waals surface area contributed by atoms with E-state index in [1.165, 1.54) is 11.6 Å². The van der Waals surface area contributed by atoms with E-state index in [-0.39, 0.29) is 5.82 Å². The number of benzene rings is 2. The van der Waals surface area contributed by atoms with Gasteiger partial charge in [-0.3, -0.25) is 0 Å². The molecule has 3 heteroatoms. The molecule has 0 radical (unpaired) electrons. The van der Waals surface area contributed by atoms with Gasteiger partial charge < -0.3 is 4.74 Å². The Kier molecular flexibility index (Phi) is 3.22. The highest BCUT2D eigenvalue weighted by Crippen LogP contribution is 2.27. The van der Waals surface area contributed by atoms with Crippen LogP contribution in [0.5, 0.6) is 5.75 Å². The zero-order valence-corrected chi connectivity index (χ0v) is 11.3. The molecule has 0 bridgehead atoms. The van der Waals surface area contributed by atoms with Crippen LogP contribution in [0, 0.1) is 12.7 Å². The van der Waals surface area contributed by atoms with E-state index in [2.05, 4.69) is 0 Å². The van der Waals surface area contributed by atoms with E-state index in [9.17, 15) is 4.39 Å². The summed E-state index contributed by atoms with van der Waals surface area (Å²) < 4.78 is 19.8. The summed E-state index contributed by atoms with van der Waals surface area (Å²) >= 11 is 1.57. The topological polar surface area (TPSA) is 9.23 Å². The lowest BCUT2D eigenvalue weighted by molar-refractivity contribution is 0.310. The summed E-state index contributed by atoms with van der Waals surface area (Å²) in [5.74, 6) is 0.662. The van der Waals surface area contributed by atoms with Crippen LogP contribution in [0.3, 0.4) is 0 Å². The fourth-order valence-corrected chi connectivity index (χ4v) is 2.92. The van der Waals surface area contributed by atoms with Crippen LogP contribution < -0.4 is 4.74 Å². The minimum absolute atomic E-state index is 0.194. The predicted octanol–water partition coefficient (Wildman–Crippen LogP) is 4.93. The van der Waals surface area contributed by atoms with E-state index < -0.39 is 0 Å². The largest absolute Gasteiger partial charge is 0.488 e. The standard InChI is InChI=1S/C16H13FOS/c1-11-2-6-14(7-3-11)18-10-15-8-12-4-5-13(17)9-16(12)19-15/h2-9H,10H2,1H3. The van der Waals surface area contributed by atoms with Crippen molar-refractivity contribution in [2.75, 3.05) is 0 Å². The second kappa shape index (κ2) is 5.02. The lowest BCUT2D eigenvalue weighted by Gasteiger charge is -2.04. The molecule has 0 aliphatic carbocycles. The van der Waals surface area contributed by atoms with Crippen LogP contribution in [0.25, 0.3) is 10.1 Å². The number of fused-ring (bicyclic) bond motifs is 1. The molecule has 96 valence electrons. The molecular weight excluding hydrogens is 259 g/mol. The molecule has 0 unspecified atom stereocenters. The highest BCUT2D eigenvalue weighted by atomic mass is 32.1. The molecule has 0 saturated heterocycles. The van der Waals surface area contributed by atoms with Gasteiger partial charge in [-0.2, -0.15) is 0 Å². The second-order valence-electron chi connectivity index (χ2n) is 4.50. The maximum absolute atomic E-state index is 13.1. The monoisotopic (exact) mass is 272 g/mol. The molecule has 1 aromatic heterocycles. The van der Waals surface area contributed by atoms with E-state index in [1.54, 1.807) is 23.5 Å². The van der Waals surface area contributed by atoms with Crippen molar-refractivity contribution in [3.8, 4) is 5.75 Å². The van der Waals surface area contributed by atoms with Gasteiger partial charge in [0.15, 0.2) is 0 Å². The highest BCUT2D eigenvalue weighted by molar-refractivity contribution is 7.19. The highest BCUT2D eigenvalue weighted by Gasteiger charge is 2.04. The first-order chi connectivity index (χ1) is 9.20. The van der Waals surface area contributed by atoms with Gasteiger partial charge in [0.25, 0.3) is 0 Å². The molecule has 0 fully saturated rings. The fraction of sp³-hybridized carbons (Fsp3) is 0.125. The number of hydrogen-bond donors (Lipinski definition) is 0. The molecule has 1 heterocycles. The zero-order valence-electron chi connectivity index (χ0n) is 10.5. The number of rotatable bonds is 3. The van der Waals surface area contributed by atoms with Gasteiger partial charge in [0.05, 0.1) is 0 Å². The van der Waals surface area contributed by atoms with Gasteiger partial charge in [0, 0.05) is 9.58 Å². The van der Waals surface area contributed by atoms with Gasteiger partial charge in [-0.15, -0.1) is 11.3 Å². The Balaban J connectivity index is 1.76. The summed E-state index contributed by atoms with van der Waals surface area (Å²) in [6.07, 6.45) is 0. The first kappa shape index (κ1) is 12.2. The maximum atomic E-state index is 13.1.